The molecule has 0 amide bonds. The fraction of sp³-hybridized carbons (Fsp3) is 0.700. The van der Waals surface area contributed by atoms with Gasteiger partial charge in [-0.25, -0.2) is 0 Å². The number of carbonyl (C=O) groups excluding carboxylic acids is 1. The zero-order valence-corrected chi connectivity index (χ0v) is 9.09. The van der Waals surface area contributed by atoms with Crippen LogP contribution in [-0.2, 0) is 9.59 Å². The van der Waals surface area contributed by atoms with Crippen LogP contribution in [0.5, 0.6) is 0 Å². The van der Waals surface area contributed by atoms with Crippen LogP contribution in [0.3, 0.4) is 0 Å². The second-order valence-corrected chi connectivity index (χ2v) is 2.75. The zero-order chi connectivity index (χ0) is 11.6. The lowest BCUT2D eigenvalue weighted by Crippen LogP contribution is -2.08. The smallest absolute Gasteiger partial charge is 0.303 e. The Bertz CT molecular complexity index is 186. The highest BCUT2D eigenvalue weighted by Gasteiger charge is 2.01. The first-order valence-corrected chi connectivity index (χ1v) is 4.81. The van der Waals surface area contributed by atoms with Crippen molar-refractivity contribution in [3.05, 3.63) is 0 Å². The molecule has 0 unspecified atom stereocenters. The van der Waals surface area contributed by atoms with Gasteiger partial charge in [0, 0.05) is 12.8 Å². The van der Waals surface area contributed by atoms with Gasteiger partial charge in [0.25, 0.3) is 0 Å². The van der Waals surface area contributed by atoms with Gasteiger partial charge >= 0.3 is 5.97 Å². The molecular formula is C10H19NO3. The van der Waals surface area contributed by atoms with Crippen LogP contribution in [0.25, 0.3) is 0 Å². The van der Waals surface area contributed by atoms with Crippen molar-refractivity contribution in [2.75, 3.05) is 0 Å². The molecule has 0 aromatic heterocycles. The van der Waals surface area contributed by atoms with Gasteiger partial charge in [-0.2, -0.15) is 0 Å². The van der Waals surface area contributed by atoms with E-state index in [2.05, 4.69) is 0 Å². The van der Waals surface area contributed by atoms with Crippen molar-refractivity contribution >= 4 is 17.5 Å². The molecule has 0 saturated heterocycles. The predicted molar refractivity (Wildman–Crippen MR) is 55.9 cm³/mol. The minimum absolute atomic E-state index is 0.0347. The normalized spacial score (nSPS) is 8.50. The SMILES string of the molecule is CCC(=N)C(=O)CC.CCCC(=O)O. The van der Waals surface area contributed by atoms with Gasteiger partial charge in [-0.3, -0.25) is 9.59 Å². The Balaban J connectivity index is 0. The second kappa shape index (κ2) is 9.89. The van der Waals surface area contributed by atoms with E-state index in [0.717, 1.165) is 6.42 Å². The van der Waals surface area contributed by atoms with Gasteiger partial charge in [0.05, 0.1) is 5.71 Å². The highest BCUT2D eigenvalue weighted by molar-refractivity contribution is 6.38. The van der Waals surface area contributed by atoms with E-state index in [1.54, 1.807) is 6.92 Å². The van der Waals surface area contributed by atoms with Crippen LogP contribution in [0.15, 0.2) is 0 Å². The molecule has 0 saturated carbocycles. The summed E-state index contributed by atoms with van der Waals surface area (Å²) in [7, 11) is 0. The fourth-order valence-electron chi connectivity index (χ4n) is 0.624. The number of hydrogen-bond donors (Lipinski definition) is 2. The lowest BCUT2D eigenvalue weighted by Gasteiger charge is -1.91. The molecule has 0 heterocycles. The van der Waals surface area contributed by atoms with Crippen LogP contribution in [0.2, 0.25) is 0 Å². The fourth-order valence-corrected chi connectivity index (χ4v) is 0.624. The summed E-state index contributed by atoms with van der Waals surface area (Å²) in [5, 5.41) is 14.9. The molecule has 0 aromatic rings. The molecule has 82 valence electrons. The summed E-state index contributed by atoms with van der Waals surface area (Å²) in [4.78, 5) is 20.1. The van der Waals surface area contributed by atoms with E-state index in [0.29, 0.717) is 19.3 Å². The minimum atomic E-state index is -0.711. The van der Waals surface area contributed by atoms with Gasteiger partial charge in [-0.1, -0.05) is 20.8 Å². The number of carbonyl (C=O) groups is 2. The molecule has 0 fully saturated rings. The highest BCUT2D eigenvalue weighted by Crippen LogP contribution is 1.87. The van der Waals surface area contributed by atoms with E-state index < -0.39 is 5.97 Å². The standard InChI is InChI=1S/C6H11NO.C4H8O2/c1-3-5(7)6(8)4-2;1-2-3-4(5)6/h7H,3-4H2,1-2H3;2-3H2,1H3,(H,5,6). The first kappa shape index (κ1) is 15.3. The molecule has 0 spiro atoms. The summed E-state index contributed by atoms with van der Waals surface area (Å²) in [6, 6.07) is 0. The molecule has 2 N–H and O–H groups in total. The maximum atomic E-state index is 10.5. The van der Waals surface area contributed by atoms with E-state index in [9.17, 15) is 9.59 Å². The number of aliphatic carboxylic acids is 1. The Hall–Kier alpha value is -1.19. The van der Waals surface area contributed by atoms with Crippen LogP contribution in [0.1, 0.15) is 46.5 Å². The van der Waals surface area contributed by atoms with Gasteiger partial charge in [0.1, 0.15) is 0 Å². The first-order valence-electron chi connectivity index (χ1n) is 4.81. The largest absolute Gasteiger partial charge is 0.481 e. The van der Waals surface area contributed by atoms with Crippen molar-refractivity contribution in [1.29, 1.82) is 5.41 Å². The molecule has 4 nitrogen and oxygen atoms in total. The van der Waals surface area contributed by atoms with Crippen LogP contribution >= 0.6 is 0 Å². The number of nitrogens with one attached hydrogen (secondary N) is 1. The highest BCUT2D eigenvalue weighted by atomic mass is 16.4. The maximum Gasteiger partial charge on any atom is 0.303 e. The quantitative estimate of drug-likeness (QED) is 0.670. The third kappa shape index (κ3) is 10.8. The Morgan fingerprint density at radius 3 is 1.71 bits per heavy atom. The average Bonchev–Trinajstić information content (AvgIpc) is 2.16. The Labute approximate surface area is 84.8 Å². The number of ketones is 1. The van der Waals surface area contributed by atoms with Gasteiger partial charge in [0.2, 0.25) is 0 Å². The molecule has 0 atom stereocenters. The van der Waals surface area contributed by atoms with Gasteiger partial charge < -0.3 is 10.5 Å². The number of carboxylic acid groups (broad SMARTS) is 1. The van der Waals surface area contributed by atoms with Crippen LogP contribution in [0, 0.1) is 5.41 Å². The molecule has 4 heteroatoms. The summed E-state index contributed by atoms with van der Waals surface area (Å²) in [5.41, 5.74) is 0.243. The summed E-state index contributed by atoms with van der Waals surface area (Å²) in [6.07, 6.45) is 2.05. The molecule has 0 aromatic carbocycles. The van der Waals surface area contributed by atoms with Crippen molar-refractivity contribution < 1.29 is 14.7 Å². The van der Waals surface area contributed by atoms with E-state index in [1.165, 1.54) is 0 Å². The van der Waals surface area contributed by atoms with Crippen molar-refractivity contribution in [2.45, 2.75) is 46.5 Å². The molecule has 14 heavy (non-hydrogen) atoms. The second-order valence-electron chi connectivity index (χ2n) is 2.75. The third-order valence-corrected chi connectivity index (χ3v) is 1.48. The lowest BCUT2D eigenvalue weighted by molar-refractivity contribution is -0.137. The number of hydrogen-bond acceptors (Lipinski definition) is 3. The van der Waals surface area contributed by atoms with Crippen LogP contribution < -0.4 is 0 Å². The molecular weight excluding hydrogens is 182 g/mol. The van der Waals surface area contributed by atoms with E-state index >= 15 is 0 Å². The first-order chi connectivity index (χ1) is 6.49. The summed E-state index contributed by atoms with van der Waals surface area (Å²) in [5.74, 6) is -0.745. The maximum absolute atomic E-state index is 10.5. The Kier molecular flexibility index (Phi) is 10.8. The molecule has 0 aliphatic carbocycles. The van der Waals surface area contributed by atoms with Crippen LogP contribution in [-0.4, -0.2) is 22.6 Å². The van der Waals surface area contributed by atoms with E-state index in [4.69, 9.17) is 10.5 Å². The summed E-state index contributed by atoms with van der Waals surface area (Å²) < 4.78 is 0. The summed E-state index contributed by atoms with van der Waals surface area (Å²) >= 11 is 0. The monoisotopic (exact) mass is 201 g/mol. The van der Waals surface area contributed by atoms with Crippen molar-refractivity contribution in [3.8, 4) is 0 Å². The zero-order valence-electron chi connectivity index (χ0n) is 9.09. The Morgan fingerprint density at radius 1 is 1.14 bits per heavy atom. The Morgan fingerprint density at radius 2 is 1.64 bits per heavy atom. The van der Waals surface area contributed by atoms with Gasteiger partial charge in [-0.05, 0) is 12.8 Å². The number of rotatable bonds is 5. The van der Waals surface area contributed by atoms with Gasteiger partial charge in [-0.15, -0.1) is 0 Å². The molecule has 0 aliphatic heterocycles. The topological polar surface area (TPSA) is 78.2 Å². The van der Waals surface area contributed by atoms with Gasteiger partial charge in [0.15, 0.2) is 5.78 Å². The molecule has 0 aliphatic rings. The third-order valence-electron chi connectivity index (χ3n) is 1.48. The number of carboxylic acids is 1. The molecule has 0 bridgehead atoms. The van der Waals surface area contributed by atoms with Crippen molar-refractivity contribution in [1.82, 2.24) is 0 Å². The molecule has 0 rings (SSSR count). The lowest BCUT2D eigenvalue weighted by atomic mass is 10.1. The minimum Gasteiger partial charge on any atom is -0.481 e. The average molecular weight is 201 g/mol. The van der Waals surface area contributed by atoms with Crippen molar-refractivity contribution in [2.24, 2.45) is 0 Å². The van der Waals surface area contributed by atoms with E-state index in [-0.39, 0.29) is 11.5 Å². The van der Waals surface area contributed by atoms with Crippen LogP contribution in [0.4, 0.5) is 0 Å². The van der Waals surface area contributed by atoms with Crippen molar-refractivity contribution in [3.63, 3.8) is 0 Å². The summed E-state index contributed by atoms with van der Waals surface area (Å²) in [6.45, 7) is 5.43. The molecule has 0 radical (unpaired) electrons. The number of Topliss-reactive ketones (excluding diaryl/α,β-unsaturated/α-hetero) is 1. The van der Waals surface area contributed by atoms with E-state index in [1.807, 2.05) is 13.8 Å². The predicted octanol–water partition coefficient (Wildman–Crippen LogP) is 2.27.